The van der Waals surface area contributed by atoms with Gasteiger partial charge in [-0.3, -0.25) is 5.43 Å². The van der Waals surface area contributed by atoms with Gasteiger partial charge in [0.2, 0.25) is 0 Å². The highest BCUT2D eigenvalue weighted by Gasteiger charge is 2.22. The van der Waals surface area contributed by atoms with E-state index in [1.54, 1.807) is 27.7 Å². The maximum atomic E-state index is 5.54. The van der Waals surface area contributed by atoms with E-state index in [-0.39, 0.29) is 0 Å². The average Bonchev–Trinajstić information content (AvgIpc) is 2.90. The summed E-state index contributed by atoms with van der Waals surface area (Å²) in [6.07, 6.45) is 4.11. The van der Waals surface area contributed by atoms with Crippen LogP contribution in [-0.2, 0) is 6.42 Å². The van der Waals surface area contributed by atoms with E-state index >= 15 is 0 Å². The van der Waals surface area contributed by atoms with Crippen molar-refractivity contribution in [3.05, 3.63) is 48.3 Å². The Labute approximate surface area is 204 Å². The summed E-state index contributed by atoms with van der Waals surface area (Å²) in [6.45, 7) is 3.08. The first-order chi connectivity index (χ1) is 16.6. The lowest BCUT2D eigenvalue weighted by Gasteiger charge is -2.36. The van der Waals surface area contributed by atoms with Gasteiger partial charge in [-0.25, -0.2) is 9.97 Å². The van der Waals surface area contributed by atoms with E-state index in [0.29, 0.717) is 23.0 Å². The molecule has 1 aliphatic rings. The number of nitrogens with zero attached hydrogens (tertiary/aromatic N) is 5. The summed E-state index contributed by atoms with van der Waals surface area (Å²) >= 11 is 5.54. The Morgan fingerprint density at radius 2 is 1.71 bits per heavy atom. The first kappa shape index (κ1) is 23.5. The maximum Gasteiger partial charge on any atom is 0.189 e. The fraction of sp³-hybridized carbons (Fsp3) is 0.333. The van der Waals surface area contributed by atoms with E-state index in [4.69, 9.17) is 26.4 Å². The van der Waals surface area contributed by atoms with E-state index < -0.39 is 0 Å². The predicted octanol–water partition coefficient (Wildman–Crippen LogP) is 2.88. The third-order valence-electron chi connectivity index (χ3n) is 5.72. The van der Waals surface area contributed by atoms with E-state index in [1.807, 2.05) is 42.6 Å². The molecule has 2 aromatic carbocycles. The molecule has 1 N–H and O–H groups in total. The summed E-state index contributed by atoms with van der Waals surface area (Å²) in [5.74, 6) is 3.02. The van der Waals surface area contributed by atoms with E-state index in [0.717, 1.165) is 54.2 Å². The molecule has 4 rings (SSSR count). The molecule has 34 heavy (non-hydrogen) atoms. The van der Waals surface area contributed by atoms with Crippen LogP contribution in [0.4, 0.5) is 5.82 Å². The second kappa shape index (κ2) is 11.0. The topological polar surface area (TPSA) is 84.3 Å². The van der Waals surface area contributed by atoms with Crippen molar-refractivity contribution in [3.63, 3.8) is 0 Å². The fourth-order valence-corrected chi connectivity index (χ4v) is 4.06. The molecular weight excluding hydrogens is 452 g/mol. The molecule has 1 saturated heterocycles. The molecule has 178 valence electrons. The molecule has 0 aliphatic carbocycles. The number of hydrazone groups is 1. The summed E-state index contributed by atoms with van der Waals surface area (Å²) in [7, 11) is 4.90. The van der Waals surface area contributed by atoms with Crippen molar-refractivity contribution in [2.75, 3.05) is 52.4 Å². The standard InChI is InChI=1S/C24H28N6O3S/c1-31-18-6-4-17(5-7-18)8-9-27-28-24(34)30-12-10-29(11-13-30)23-19-14-21(32-2)22(33-3)15-20(19)25-16-26-23/h4-7,9,14-16H,8,10-13H2,1-3H3,(H,28,34). The van der Waals surface area contributed by atoms with Crippen LogP contribution in [0.2, 0.25) is 0 Å². The smallest absolute Gasteiger partial charge is 0.189 e. The Kier molecular flexibility index (Phi) is 7.58. The number of hydrogen-bond acceptors (Lipinski definition) is 8. The SMILES string of the molecule is COc1ccc(CC=NNC(=S)N2CCN(c3ncnc4cc(OC)c(OC)cc34)CC2)cc1. The Bertz CT molecular complexity index is 1160. The third-order valence-corrected chi connectivity index (χ3v) is 6.07. The van der Waals surface area contributed by atoms with Gasteiger partial charge in [0.1, 0.15) is 17.9 Å². The highest BCUT2D eigenvalue weighted by molar-refractivity contribution is 7.80. The zero-order valence-corrected chi connectivity index (χ0v) is 20.3. The monoisotopic (exact) mass is 480 g/mol. The molecular formula is C24H28N6O3S. The molecule has 0 radical (unpaired) electrons. The molecule has 3 aromatic rings. The van der Waals surface area contributed by atoms with E-state index in [2.05, 4.69) is 30.3 Å². The van der Waals surface area contributed by atoms with Crippen molar-refractivity contribution in [1.82, 2.24) is 20.3 Å². The molecule has 10 heteroatoms. The number of benzene rings is 2. The van der Waals surface area contributed by atoms with Crippen molar-refractivity contribution >= 4 is 40.3 Å². The van der Waals surface area contributed by atoms with Gasteiger partial charge in [0, 0.05) is 50.3 Å². The van der Waals surface area contributed by atoms with Gasteiger partial charge in [0.15, 0.2) is 16.6 Å². The molecule has 0 saturated carbocycles. The van der Waals surface area contributed by atoms with Crippen LogP contribution in [-0.4, -0.2) is 73.7 Å². The highest BCUT2D eigenvalue weighted by atomic mass is 32.1. The first-order valence-electron chi connectivity index (χ1n) is 10.9. The molecule has 0 atom stereocenters. The number of rotatable bonds is 7. The number of thiocarbonyl (C=S) groups is 1. The third kappa shape index (κ3) is 5.28. The van der Waals surface area contributed by atoms with Crippen LogP contribution in [0.15, 0.2) is 47.8 Å². The van der Waals surface area contributed by atoms with Crippen molar-refractivity contribution < 1.29 is 14.2 Å². The lowest BCUT2D eigenvalue weighted by atomic mass is 10.2. The van der Waals surface area contributed by atoms with Crippen LogP contribution in [0.25, 0.3) is 10.9 Å². The molecule has 1 aliphatic heterocycles. The molecule has 1 aromatic heterocycles. The summed E-state index contributed by atoms with van der Waals surface area (Å²) in [5.41, 5.74) is 4.95. The van der Waals surface area contributed by atoms with Gasteiger partial charge in [-0.2, -0.15) is 5.10 Å². The Hall–Kier alpha value is -3.66. The van der Waals surface area contributed by atoms with Crippen LogP contribution >= 0.6 is 12.2 Å². The van der Waals surface area contributed by atoms with Gasteiger partial charge in [-0.05, 0) is 36.0 Å². The molecule has 2 heterocycles. The van der Waals surface area contributed by atoms with Gasteiger partial charge in [-0.15, -0.1) is 0 Å². The molecule has 9 nitrogen and oxygen atoms in total. The molecule has 0 unspecified atom stereocenters. The van der Waals surface area contributed by atoms with Gasteiger partial charge in [0.05, 0.1) is 26.8 Å². The lowest BCUT2D eigenvalue weighted by Crippen LogP contribution is -2.51. The summed E-state index contributed by atoms with van der Waals surface area (Å²) in [6, 6.07) is 11.7. The van der Waals surface area contributed by atoms with Gasteiger partial charge >= 0.3 is 0 Å². The van der Waals surface area contributed by atoms with Crippen LogP contribution < -0.4 is 24.5 Å². The fourth-order valence-electron chi connectivity index (χ4n) is 3.83. The number of aromatic nitrogens is 2. The second-order valence-corrected chi connectivity index (χ2v) is 8.06. The first-order valence-corrected chi connectivity index (χ1v) is 11.3. The summed E-state index contributed by atoms with van der Waals surface area (Å²) in [4.78, 5) is 13.3. The number of piperazine rings is 1. The van der Waals surface area contributed by atoms with Crippen LogP contribution in [0.1, 0.15) is 5.56 Å². The average molecular weight is 481 g/mol. The molecule has 1 fully saturated rings. The van der Waals surface area contributed by atoms with Crippen molar-refractivity contribution in [2.24, 2.45) is 5.10 Å². The number of anilines is 1. The quantitative estimate of drug-likeness (QED) is 0.312. The lowest BCUT2D eigenvalue weighted by molar-refractivity contribution is 0.355. The summed E-state index contributed by atoms with van der Waals surface area (Å²) in [5, 5.41) is 5.83. The van der Waals surface area contributed by atoms with Crippen molar-refractivity contribution in [1.29, 1.82) is 0 Å². The number of hydrogen-bond donors (Lipinski definition) is 1. The van der Waals surface area contributed by atoms with Crippen LogP contribution in [0, 0.1) is 0 Å². The van der Waals surface area contributed by atoms with Gasteiger partial charge in [-0.1, -0.05) is 12.1 Å². The largest absolute Gasteiger partial charge is 0.497 e. The normalized spacial score (nSPS) is 13.9. The Morgan fingerprint density at radius 3 is 2.38 bits per heavy atom. The molecule has 0 bridgehead atoms. The zero-order chi connectivity index (χ0) is 23.9. The molecule has 0 spiro atoms. The van der Waals surface area contributed by atoms with Crippen molar-refractivity contribution in [3.8, 4) is 17.2 Å². The van der Waals surface area contributed by atoms with E-state index in [9.17, 15) is 0 Å². The predicted molar refractivity (Wildman–Crippen MR) is 137 cm³/mol. The number of nitrogens with one attached hydrogen (secondary N) is 1. The number of methoxy groups -OCH3 is 3. The molecule has 0 amide bonds. The summed E-state index contributed by atoms with van der Waals surface area (Å²) < 4.78 is 16.1. The minimum absolute atomic E-state index is 0.615. The number of ether oxygens (including phenoxy) is 3. The van der Waals surface area contributed by atoms with E-state index in [1.165, 1.54) is 0 Å². The van der Waals surface area contributed by atoms with Gasteiger partial charge in [0.25, 0.3) is 0 Å². The highest BCUT2D eigenvalue weighted by Crippen LogP contribution is 2.34. The Balaban J connectivity index is 1.33. The van der Waals surface area contributed by atoms with Crippen LogP contribution in [0.5, 0.6) is 17.2 Å². The maximum absolute atomic E-state index is 5.54. The second-order valence-electron chi connectivity index (χ2n) is 7.68. The Morgan fingerprint density at radius 1 is 1.00 bits per heavy atom. The number of fused-ring (bicyclic) bond motifs is 1. The van der Waals surface area contributed by atoms with Crippen LogP contribution in [0.3, 0.4) is 0 Å². The van der Waals surface area contributed by atoms with Gasteiger partial charge < -0.3 is 24.0 Å². The minimum Gasteiger partial charge on any atom is -0.497 e. The van der Waals surface area contributed by atoms with Crippen molar-refractivity contribution in [2.45, 2.75) is 6.42 Å². The zero-order valence-electron chi connectivity index (χ0n) is 19.5. The minimum atomic E-state index is 0.615.